The van der Waals surface area contributed by atoms with Crippen LogP contribution in [0, 0.1) is 0 Å². The van der Waals surface area contributed by atoms with E-state index in [1.54, 1.807) is 17.1 Å². The van der Waals surface area contributed by atoms with E-state index in [4.69, 9.17) is 4.74 Å². The first kappa shape index (κ1) is 11.4. The zero-order chi connectivity index (χ0) is 12.1. The van der Waals surface area contributed by atoms with Crippen LogP contribution in [-0.4, -0.2) is 22.2 Å². The molecule has 2 aromatic rings. The van der Waals surface area contributed by atoms with E-state index in [9.17, 15) is 4.79 Å². The predicted molar refractivity (Wildman–Crippen MR) is 64.2 cm³/mol. The minimum atomic E-state index is -0.0615. The third kappa shape index (κ3) is 2.93. The van der Waals surface area contributed by atoms with Gasteiger partial charge in [-0.2, -0.15) is 5.10 Å². The van der Waals surface area contributed by atoms with Gasteiger partial charge in [0.1, 0.15) is 5.75 Å². The van der Waals surface area contributed by atoms with E-state index in [-0.39, 0.29) is 12.4 Å². The van der Waals surface area contributed by atoms with Crippen molar-refractivity contribution in [1.29, 1.82) is 0 Å². The number of aryl methyl sites for hydroxylation is 1. The molecule has 0 atom stereocenters. The molecule has 1 aromatic carbocycles. The van der Waals surface area contributed by atoms with Crippen molar-refractivity contribution in [2.45, 2.75) is 13.5 Å². The lowest BCUT2D eigenvalue weighted by atomic mass is 10.2. The molecule has 1 aromatic heterocycles. The number of hydrogen-bond acceptors (Lipinski definition) is 3. The lowest BCUT2D eigenvalue weighted by molar-refractivity contribution is 0.0921. The zero-order valence-electron chi connectivity index (χ0n) is 9.67. The first-order chi connectivity index (χ1) is 8.29. The highest BCUT2D eigenvalue weighted by Crippen LogP contribution is 2.09. The molecule has 0 amide bonds. The van der Waals surface area contributed by atoms with E-state index in [2.05, 4.69) is 5.10 Å². The van der Waals surface area contributed by atoms with Crippen LogP contribution in [0.2, 0.25) is 0 Å². The summed E-state index contributed by atoms with van der Waals surface area (Å²) in [5.41, 5.74) is 0.586. The van der Waals surface area contributed by atoms with Crippen LogP contribution in [0.25, 0.3) is 0 Å². The summed E-state index contributed by atoms with van der Waals surface area (Å²) < 4.78 is 7.10. The van der Waals surface area contributed by atoms with Crippen molar-refractivity contribution >= 4 is 5.78 Å². The van der Waals surface area contributed by atoms with Crippen molar-refractivity contribution < 1.29 is 9.53 Å². The van der Waals surface area contributed by atoms with Gasteiger partial charge in [-0.1, -0.05) is 18.2 Å². The number of benzene rings is 1. The Bertz CT molecular complexity index is 491. The average Bonchev–Trinajstić information content (AvgIpc) is 2.86. The number of carbonyl (C=O) groups excluding carboxylic acids is 1. The fraction of sp³-hybridized carbons (Fsp3) is 0.231. The fourth-order valence-electron chi connectivity index (χ4n) is 1.43. The lowest BCUT2D eigenvalue weighted by Crippen LogP contribution is -2.10. The van der Waals surface area contributed by atoms with Gasteiger partial charge < -0.3 is 4.74 Å². The Morgan fingerprint density at radius 2 is 2.12 bits per heavy atom. The Morgan fingerprint density at radius 3 is 2.76 bits per heavy atom. The van der Waals surface area contributed by atoms with Crippen LogP contribution in [0.1, 0.15) is 17.3 Å². The molecule has 17 heavy (non-hydrogen) atoms. The number of Topliss-reactive ketones (excluding diaryl/α,β-unsaturated/α-hetero) is 1. The largest absolute Gasteiger partial charge is 0.485 e. The molecule has 0 spiro atoms. The lowest BCUT2D eigenvalue weighted by Gasteiger charge is -2.03. The predicted octanol–water partition coefficient (Wildman–Crippen LogP) is 2.16. The second kappa shape index (κ2) is 5.30. The second-order valence-electron chi connectivity index (χ2n) is 3.61. The Morgan fingerprint density at radius 1 is 1.35 bits per heavy atom. The molecule has 0 aliphatic rings. The molecule has 0 aliphatic carbocycles. The molecular formula is C13H14N2O2. The van der Waals surface area contributed by atoms with E-state index >= 15 is 0 Å². The number of para-hydroxylation sites is 1. The van der Waals surface area contributed by atoms with Crippen LogP contribution in [0.3, 0.4) is 0 Å². The van der Waals surface area contributed by atoms with Gasteiger partial charge in [0.25, 0.3) is 0 Å². The van der Waals surface area contributed by atoms with Gasteiger partial charge in [0.05, 0.1) is 11.8 Å². The van der Waals surface area contributed by atoms with E-state index < -0.39 is 0 Å². The standard InChI is InChI=1S/C13H14N2O2/c1-2-15-9-11(8-14-15)13(16)10-17-12-6-4-3-5-7-12/h3-9H,2,10H2,1H3. The third-order valence-corrected chi connectivity index (χ3v) is 2.39. The minimum Gasteiger partial charge on any atom is -0.485 e. The summed E-state index contributed by atoms with van der Waals surface area (Å²) in [6.45, 7) is 2.77. The SMILES string of the molecule is CCn1cc(C(=O)COc2ccccc2)cn1. The highest BCUT2D eigenvalue weighted by atomic mass is 16.5. The quantitative estimate of drug-likeness (QED) is 0.739. The summed E-state index contributed by atoms with van der Waals surface area (Å²) in [6, 6.07) is 9.29. The van der Waals surface area contributed by atoms with Gasteiger partial charge in [0.15, 0.2) is 6.61 Å². The van der Waals surface area contributed by atoms with Gasteiger partial charge >= 0.3 is 0 Å². The van der Waals surface area contributed by atoms with Gasteiger partial charge in [0.2, 0.25) is 5.78 Å². The Labute approximate surface area is 99.8 Å². The van der Waals surface area contributed by atoms with Gasteiger partial charge in [-0.25, -0.2) is 0 Å². The average molecular weight is 230 g/mol. The van der Waals surface area contributed by atoms with Crippen LogP contribution < -0.4 is 4.74 Å². The fourth-order valence-corrected chi connectivity index (χ4v) is 1.43. The number of ether oxygens (including phenoxy) is 1. The molecule has 2 rings (SSSR count). The van der Waals surface area contributed by atoms with Crippen LogP contribution in [-0.2, 0) is 6.54 Å². The van der Waals surface area contributed by atoms with Gasteiger partial charge in [-0.15, -0.1) is 0 Å². The number of nitrogens with zero attached hydrogens (tertiary/aromatic N) is 2. The van der Waals surface area contributed by atoms with Crippen molar-refractivity contribution in [3.8, 4) is 5.75 Å². The van der Waals surface area contributed by atoms with Gasteiger partial charge in [0, 0.05) is 12.7 Å². The Kier molecular flexibility index (Phi) is 3.55. The third-order valence-electron chi connectivity index (χ3n) is 2.39. The molecule has 0 fully saturated rings. The highest BCUT2D eigenvalue weighted by Gasteiger charge is 2.09. The van der Waals surface area contributed by atoms with Crippen molar-refractivity contribution in [2.24, 2.45) is 0 Å². The van der Waals surface area contributed by atoms with E-state index in [1.165, 1.54) is 0 Å². The Hall–Kier alpha value is -2.10. The molecule has 0 saturated heterocycles. The molecular weight excluding hydrogens is 216 g/mol. The number of carbonyl (C=O) groups is 1. The zero-order valence-corrected chi connectivity index (χ0v) is 9.67. The topological polar surface area (TPSA) is 44.1 Å². The Balaban J connectivity index is 1.93. The highest BCUT2D eigenvalue weighted by molar-refractivity contribution is 5.96. The molecule has 0 unspecified atom stereocenters. The molecule has 0 aliphatic heterocycles. The molecule has 88 valence electrons. The summed E-state index contributed by atoms with van der Waals surface area (Å²) in [5, 5.41) is 4.05. The normalized spacial score (nSPS) is 10.2. The van der Waals surface area contributed by atoms with Gasteiger partial charge in [-0.05, 0) is 19.1 Å². The maximum Gasteiger partial charge on any atom is 0.203 e. The van der Waals surface area contributed by atoms with Crippen LogP contribution in [0.15, 0.2) is 42.7 Å². The van der Waals surface area contributed by atoms with Gasteiger partial charge in [-0.3, -0.25) is 9.48 Å². The molecule has 0 saturated carbocycles. The number of hydrogen-bond donors (Lipinski definition) is 0. The number of ketones is 1. The number of rotatable bonds is 5. The van der Waals surface area contributed by atoms with Crippen molar-refractivity contribution in [1.82, 2.24) is 9.78 Å². The smallest absolute Gasteiger partial charge is 0.203 e. The molecule has 4 heteroatoms. The summed E-state index contributed by atoms with van der Waals surface area (Å²) >= 11 is 0. The van der Waals surface area contributed by atoms with Crippen molar-refractivity contribution in [3.05, 3.63) is 48.3 Å². The summed E-state index contributed by atoms with van der Waals surface area (Å²) in [7, 11) is 0. The van der Waals surface area contributed by atoms with Crippen molar-refractivity contribution in [2.75, 3.05) is 6.61 Å². The molecule has 0 radical (unpaired) electrons. The summed E-state index contributed by atoms with van der Waals surface area (Å²) in [6.07, 6.45) is 3.30. The van der Waals surface area contributed by atoms with E-state index in [1.807, 2.05) is 37.3 Å². The minimum absolute atomic E-state index is 0.0411. The number of aromatic nitrogens is 2. The monoisotopic (exact) mass is 230 g/mol. The summed E-state index contributed by atoms with van der Waals surface area (Å²) in [5.74, 6) is 0.636. The molecule has 4 nitrogen and oxygen atoms in total. The maximum absolute atomic E-state index is 11.8. The first-order valence-corrected chi connectivity index (χ1v) is 5.53. The first-order valence-electron chi connectivity index (χ1n) is 5.53. The van der Waals surface area contributed by atoms with E-state index in [0.29, 0.717) is 11.3 Å². The molecule has 1 heterocycles. The van der Waals surface area contributed by atoms with Crippen LogP contribution in [0.4, 0.5) is 0 Å². The summed E-state index contributed by atoms with van der Waals surface area (Å²) in [4.78, 5) is 11.8. The maximum atomic E-state index is 11.8. The second-order valence-corrected chi connectivity index (χ2v) is 3.61. The van der Waals surface area contributed by atoms with Crippen molar-refractivity contribution in [3.63, 3.8) is 0 Å². The van der Waals surface area contributed by atoms with E-state index in [0.717, 1.165) is 6.54 Å². The molecule has 0 N–H and O–H groups in total. The van der Waals surface area contributed by atoms with Crippen LogP contribution in [0.5, 0.6) is 5.75 Å². The van der Waals surface area contributed by atoms with Crippen LogP contribution >= 0.6 is 0 Å². The molecule has 0 bridgehead atoms.